The van der Waals surface area contributed by atoms with Crippen LogP contribution in [0.25, 0.3) is 0 Å². The Kier molecular flexibility index (Phi) is 3.73. The van der Waals surface area contributed by atoms with Crippen molar-refractivity contribution in [2.75, 3.05) is 13.9 Å². The monoisotopic (exact) mass is 167 g/mol. The standard InChI is InChI=1S/C9H11O3/c1-11-7-12-9(10)8-5-3-2-4-6-8/h2-6,9H,7H2,1H3. The molecule has 1 radical (unpaired) electrons. The lowest BCUT2D eigenvalue weighted by Gasteiger charge is -2.08. The molecule has 0 fully saturated rings. The van der Waals surface area contributed by atoms with Gasteiger partial charge in [0.25, 0.3) is 0 Å². The van der Waals surface area contributed by atoms with Crippen molar-refractivity contribution in [1.82, 2.24) is 0 Å². The summed E-state index contributed by atoms with van der Waals surface area (Å²) in [6.45, 7) is 0.0308. The SMILES string of the molecule is COCOC([O])c1ccccc1. The number of rotatable bonds is 4. The molecule has 0 aliphatic rings. The quantitative estimate of drug-likeness (QED) is 0.640. The van der Waals surface area contributed by atoms with Crippen molar-refractivity contribution in [3.63, 3.8) is 0 Å². The van der Waals surface area contributed by atoms with E-state index in [4.69, 9.17) is 4.74 Å². The van der Waals surface area contributed by atoms with Gasteiger partial charge in [0, 0.05) is 12.7 Å². The van der Waals surface area contributed by atoms with E-state index in [9.17, 15) is 5.11 Å². The van der Waals surface area contributed by atoms with E-state index >= 15 is 0 Å². The molecule has 1 atom stereocenters. The molecule has 3 nitrogen and oxygen atoms in total. The van der Waals surface area contributed by atoms with Gasteiger partial charge in [-0.15, -0.1) is 0 Å². The second-order valence-corrected chi connectivity index (χ2v) is 2.32. The zero-order valence-electron chi connectivity index (χ0n) is 6.90. The fourth-order valence-corrected chi connectivity index (χ4v) is 0.836. The maximum Gasteiger partial charge on any atom is 0.219 e. The number of ether oxygens (including phenoxy) is 2. The molecule has 0 aliphatic heterocycles. The summed E-state index contributed by atoms with van der Waals surface area (Å²) in [7, 11) is 1.48. The average molecular weight is 167 g/mol. The maximum atomic E-state index is 11.2. The predicted octanol–water partition coefficient (Wildman–Crippen LogP) is 1.74. The fraction of sp³-hybridized carbons (Fsp3) is 0.333. The Hall–Kier alpha value is -0.900. The lowest BCUT2D eigenvalue weighted by atomic mass is 10.2. The molecular formula is C9H11O3. The highest BCUT2D eigenvalue weighted by atomic mass is 16.7. The van der Waals surface area contributed by atoms with Crippen LogP contribution in [-0.2, 0) is 14.6 Å². The van der Waals surface area contributed by atoms with Crippen LogP contribution in [0, 0.1) is 0 Å². The molecule has 12 heavy (non-hydrogen) atoms. The summed E-state index contributed by atoms with van der Waals surface area (Å²) in [5.41, 5.74) is 0.620. The Balaban J connectivity index is 2.48. The van der Waals surface area contributed by atoms with Crippen molar-refractivity contribution in [2.24, 2.45) is 0 Å². The van der Waals surface area contributed by atoms with Crippen LogP contribution in [0.2, 0.25) is 0 Å². The third-order valence-electron chi connectivity index (χ3n) is 1.41. The Bertz CT molecular complexity index is 210. The minimum Gasteiger partial charge on any atom is -0.359 e. The Morgan fingerprint density at radius 2 is 2.00 bits per heavy atom. The van der Waals surface area contributed by atoms with Crippen molar-refractivity contribution in [3.8, 4) is 0 Å². The molecule has 0 saturated heterocycles. The van der Waals surface area contributed by atoms with Crippen molar-refractivity contribution >= 4 is 0 Å². The average Bonchev–Trinajstić information content (AvgIpc) is 2.15. The van der Waals surface area contributed by atoms with Crippen LogP contribution in [0.1, 0.15) is 11.9 Å². The molecule has 1 unspecified atom stereocenters. The Morgan fingerprint density at radius 3 is 2.58 bits per heavy atom. The first kappa shape index (κ1) is 9.19. The molecule has 0 spiro atoms. The number of hydrogen-bond donors (Lipinski definition) is 0. The molecular weight excluding hydrogens is 156 g/mol. The van der Waals surface area contributed by atoms with E-state index in [-0.39, 0.29) is 6.79 Å². The van der Waals surface area contributed by atoms with E-state index in [1.807, 2.05) is 6.07 Å². The molecule has 1 aromatic rings. The molecule has 0 aromatic heterocycles. The second-order valence-electron chi connectivity index (χ2n) is 2.32. The fourth-order valence-electron chi connectivity index (χ4n) is 0.836. The molecule has 0 amide bonds. The Morgan fingerprint density at radius 1 is 1.33 bits per heavy atom. The maximum absolute atomic E-state index is 11.2. The summed E-state index contributed by atoms with van der Waals surface area (Å²) in [4.78, 5) is 0. The number of benzene rings is 1. The van der Waals surface area contributed by atoms with Crippen LogP contribution in [0.3, 0.4) is 0 Å². The normalized spacial score (nSPS) is 12.8. The van der Waals surface area contributed by atoms with E-state index < -0.39 is 6.29 Å². The highest BCUT2D eigenvalue weighted by molar-refractivity contribution is 5.15. The summed E-state index contributed by atoms with van der Waals surface area (Å²) in [6.07, 6.45) is -1.15. The Labute approximate surface area is 71.5 Å². The largest absolute Gasteiger partial charge is 0.359 e. The molecule has 3 heteroatoms. The molecule has 0 heterocycles. The minimum absolute atomic E-state index is 0.0308. The van der Waals surface area contributed by atoms with Crippen molar-refractivity contribution in [2.45, 2.75) is 6.29 Å². The molecule has 0 saturated carbocycles. The van der Waals surface area contributed by atoms with Gasteiger partial charge < -0.3 is 9.47 Å². The minimum atomic E-state index is -1.15. The number of methoxy groups -OCH3 is 1. The molecule has 1 aromatic carbocycles. The summed E-state index contributed by atoms with van der Waals surface area (Å²) in [6, 6.07) is 8.92. The van der Waals surface area contributed by atoms with Crippen LogP contribution < -0.4 is 0 Å². The van der Waals surface area contributed by atoms with Crippen LogP contribution in [-0.4, -0.2) is 13.9 Å². The van der Waals surface area contributed by atoms with Gasteiger partial charge in [0.2, 0.25) is 6.29 Å². The van der Waals surface area contributed by atoms with Crippen molar-refractivity contribution in [3.05, 3.63) is 35.9 Å². The summed E-state index contributed by atoms with van der Waals surface area (Å²) < 4.78 is 9.41. The highest BCUT2D eigenvalue weighted by Gasteiger charge is 2.07. The van der Waals surface area contributed by atoms with E-state index in [2.05, 4.69) is 4.74 Å². The first-order chi connectivity index (χ1) is 5.84. The molecule has 65 valence electrons. The third kappa shape index (κ3) is 2.62. The van der Waals surface area contributed by atoms with Gasteiger partial charge in [0.15, 0.2) is 0 Å². The smallest absolute Gasteiger partial charge is 0.219 e. The lowest BCUT2D eigenvalue weighted by molar-refractivity contribution is -0.193. The van der Waals surface area contributed by atoms with Gasteiger partial charge >= 0.3 is 0 Å². The van der Waals surface area contributed by atoms with E-state index in [1.54, 1.807) is 24.3 Å². The van der Waals surface area contributed by atoms with Gasteiger partial charge in [0.05, 0.1) is 0 Å². The molecule has 1 rings (SSSR count). The lowest BCUT2D eigenvalue weighted by Crippen LogP contribution is -2.03. The predicted molar refractivity (Wildman–Crippen MR) is 42.8 cm³/mol. The van der Waals surface area contributed by atoms with Gasteiger partial charge in [-0.1, -0.05) is 30.3 Å². The van der Waals surface area contributed by atoms with Gasteiger partial charge in [-0.2, -0.15) is 5.11 Å². The number of hydrogen-bond acceptors (Lipinski definition) is 2. The summed E-state index contributed by atoms with van der Waals surface area (Å²) in [5.74, 6) is 0. The van der Waals surface area contributed by atoms with Gasteiger partial charge in [0.1, 0.15) is 6.79 Å². The first-order valence-electron chi connectivity index (χ1n) is 3.66. The van der Waals surface area contributed by atoms with Gasteiger partial charge in [-0.25, -0.2) is 0 Å². The summed E-state index contributed by atoms with van der Waals surface area (Å²) >= 11 is 0. The topological polar surface area (TPSA) is 38.4 Å². The molecule has 0 bridgehead atoms. The van der Waals surface area contributed by atoms with Crippen LogP contribution >= 0.6 is 0 Å². The van der Waals surface area contributed by atoms with Crippen molar-refractivity contribution in [1.29, 1.82) is 0 Å². The van der Waals surface area contributed by atoms with Gasteiger partial charge in [-0.05, 0) is 0 Å². The van der Waals surface area contributed by atoms with Crippen LogP contribution in [0.4, 0.5) is 0 Å². The zero-order chi connectivity index (χ0) is 8.81. The summed E-state index contributed by atoms with van der Waals surface area (Å²) in [5, 5.41) is 11.2. The third-order valence-corrected chi connectivity index (χ3v) is 1.41. The zero-order valence-corrected chi connectivity index (χ0v) is 6.90. The van der Waals surface area contributed by atoms with Crippen LogP contribution in [0.5, 0.6) is 0 Å². The first-order valence-corrected chi connectivity index (χ1v) is 3.66. The second kappa shape index (κ2) is 4.87. The molecule has 0 aliphatic carbocycles. The van der Waals surface area contributed by atoms with Gasteiger partial charge in [-0.3, -0.25) is 0 Å². The molecule has 0 N–H and O–H groups in total. The van der Waals surface area contributed by atoms with Crippen LogP contribution in [0.15, 0.2) is 30.3 Å². The van der Waals surface area contributed by atoms with E-state index in [1.165, 1.54) is 7.11 Å². The highest BCUT2D eigenvalue weighted by Crippen LogP contribution is 2.13. The van der Waals surface area contributed by atoms with E-state index in [0.717, 1.165) is 0 Å². The van der Waals surface area contributed by atoms with Crippen molar-refractivity contribution < 1.29 is 14.6 Å². The van der Waals surface area contributed by atoms with E-state index in [0.29, 0.717) is 5.56 Å².